The predicted octanol–water partition coefficient (Wildman–Crippen LogP) is 0.591. The molecule has 18 heavy (non-hydrogen) atoms. The van der Waals surface area contributed by atoms with Gasteiger partial charge in [-0.05, 0) is 27.2 Å². The molecule has 0 aromatic heterocycles. The fourth-order valence-electron chi connectivity index (χ4n) is 1.76. The van der Waals surface area contributed by atoms with E-state index in [1.165, 1.54) is 4.90 Å². The molecule has 0 aromatic carbocycles. The van der Waals surface area contributed by atoms with Crippen LogP contribution >= 0.6 is 0 Å². The summed E-state index contributed by atoms with van der Waals surface area (Å²) in [5.74, 6) is 0. The summed E-state index contributed by atoms with van der Waals surface area (Å²) in [6, 6.07) is -0.669. The molecule has 0 radical (unpaired) electrons. The molecule has 1 heterocycles. The van der Waals surface area contributed by atoms with Crippen LogP contribution in [0.1, 0.15) is 27.2 Å². The minimum atomic E-state index is -1.00. The molecule has 1 saturated heterocycles. The van der Waals surface area contributed by atoms with Gasteiger partial charge in [-0.2, -0.15) is 0 Å². The SMILES string of the molecule is CC(C)(C)OC(=O)NC1CN(C(=O)O)CCC1N. The Balaban J connectivity index is 2.53. The zero-order valence-electron chi connectivity index (χ0n) is 11.0. The van der Waals surface area contributed by atoms with Crippen molar-refractivity contribution in [2.45, 2.75) is 44.9 Å². The van der Waals surface area contributed by atoms with Crippen molar-refractivity contribution < 1.29 is 19.4 Å². The molecular weight excluding hydrogens is 238 g/mol. The highest BCUT2D eigenvalue weighted by atomic mass is 16.6. The average molecular weight is 259 g/mol. The smallest absolute Gasteiger partial charge is 0.407 e. The summed E-state index contributed by atoms with van der Waals surface area (Å²) >= 11 is 0. The van der Waals surface area contributed by atoms with Crippen LogP contribution in [0.3, 0.4) is 0 Å². The summed E-state index contributed by atoms with van der Waals surface area (Å²) in [6.45, 7) is 5.86. The lowest BCUT2D eigenvalue weighted by Crippen LogP contribution is -2.59. The molecule has 4 N–H and O–H groups in total. The van der Waals surface area contributed by atoms with Crippen LogP contribution in [0.4, 0.5) is 9.59 Å². The van der Waals surface area contributed by atoms with Crippen LogP contribution in [-0.2, 0) is 4.74 Å². The Morgan fingerprint density at radius 1 is 1.44 bits per heavy atom. The summed E-state index contributed by atoms with van der Waals surface area (Å²) in [4.78, 5) is 23.7. The standard InChI is InChI=1S/C11H21N3O4/c1-11(2,3)18-9(15)13-8-6-14(10(16)17)5-4-7(8)12/h7-8H,4-6,12H2,1-3H3,(H,13,15)(H,16,17). The summed E-state index contributed by atoms with van der Waals surface area (Å²) in [6.07, 6.45) is -1.06. The Labute approximate surface area is 106 Å². The Morgan fingerprint density at radius 2 is 2.06 bits per heavy atom. The van der Waals surface area contributed by atoms with Crippen LogP contribution in [0, 0.1) is 0 Å². The van der Waals surface area contributed by atoms with Gasteiger partial charge in [-0.15, -0.1) is 0 Å². The molecule has 0 aromatic rings. The third-order valence-corrected chi connectivity index (χ3v) is 2.64. The number of nitrogens with zero attached hydrogens (tertiary/aromatic N) is 1. The Kier molecular flexibility index (Phi) is 4.39. The second kappa shape index (κ2) is 5.43. The van der Waals surface area contributed by atoms with Crippen molar-refractivity contribution in [3.63, 3.8) is 0 Å². The molecule has 2 amide bonds. The van der Waals surface area contributed by atoms with Crippen LogP contribution in [0.15, 0.2) is 0 Å². The van der Waals surface area contributed by atoms with E-state index in [9.17, 15) is 9.59 Å². The van der Waals surface area contributed by atoms with Gasteiger partial charge in [0.1, 0.15) is 5.60 Å². The molecule has 7 nitrogen and oxygen atoms in total. The lowest BCUT2D eigenvalue weighted by molar-refractivity contribution is 0.0457. The van der Waals surface area contributed by atoms with Gasteiger partial charge in [-0.1, -0.05) is 0 Å². The van der Waals surface area contributed by atoms with E-state index in [2.05, 4.69) is 5.32 Å². The highest BCUT2D eigenvalue weighted by molar-refractivity contribution is 5.69. The Hall–Kier alpha value is -1.50. The maximum Gasteiger partial charge on any atom is 0.407 e. The fourth-order valence-corrected chi connectivity index (χ4v) is 1.76. The number of ether oxygens (including phenoxy) is 1. The first-order valence-corrected chi connectivity index (χ1v) is 5.92. The van der Waals surface area contributed by atoms with Crippen molar-refractivity contribution in [3.8, 4) is 0 Å². The van der Waals surface area contributed by atoms with E-state index in [1.807, 2.05) is 0 Å². The first-order valence-electron chi connectivity index (χ1n) is 5.92. The molecule has 1 fully saturated rings. The second-order valence-corrected chi connectivity index (χ2v) is 5.43. The van der Waals surface area contributed by atoms with Crippen molar-refractivity contribution in [2.24, 2.45) is 5.73 Å². The molecule has 0 aliphatic carbocycles. The summed E-state index contributed by atoms with van der Waals surface area (Å²) in [7, 11) is 0. The van der Waals surface area contributed by atoms with E-state index in [4.69, 9.17) is 15.6 Å². The van der Waals surface area contributed by atoms with Crippen molar-refractivity contribution in [1.29, 1.82) is 0 Å². The third-order valence-electron chi connectivity index (χ3n) is 2.64. The van der Waals surface area contributed by atoms with Gasteiger partial charge in [0.25, 0.3) is 0 Å². The lowest BCUT2D eigenvalue weighted by atomic mass is 10.0. The maximum atomic E-state index is 11.6. The number of likely N-dealkylation sites (tertiary alicyclic amines) is 1. The van der Waals surface area contributed by atoms with Crippen LogP contribution in [0.25, 0.3) is 0 Å². The van der Waals surface area contributed by atoms with Crippen molar-refractivity contribution in [3.05, 3.63) is 0 Å². The van der Waals surface area contributed by atoms with Gasteiger partial charge in [0, 0.05) is 19.1 Å². The third kappa shape index (κ3) is 4.40. The lowest BCUT2D eigenvalue weighted by Gasteiger charge is -2.35. The van der Waals surface area contributed by atoms with Gasteiger partial charge in [0.15, 0.2) is 0 Å². The number of nitrogens with two attached hydrogens (primary N) is 1. The summed E-state index contributed by atoms with van der Waals surface area (Å²) in [5, 5.41) is 11.5. The van der Waals surface area contributed by atoms with Crippen LogP contribution < -0.4 is 11.1 Å². The highest BCUT2D eigenvalue weighted by Gasteiger charge is 2.31. The minimum absolute atomic E-state index is 0.190. The number of hydrogen-bond acceptors (Lipinski definition) is 4. The topological polar surface area (TPSA) is 105 Å². The van der Waals surface area contributed by atoms with E-state index in [-0.39, 0.29) is 12.6 Å². The molecule has 1 rings (SSSR count). The number of carboxylic acid groups (broad SMARTS) is 1. The number of piperidine rings is 1. The maximum absolute atomic E-state index is 11.6. The van der Waals surface area contributed by atoms with Crippen molar-refractivity contribution in [1.82, 2.24) is 10.2 Å². The van der Waals surface area contributed by atoms with Gasteiger partial charge in [0.05, 0.1) is 6.04 Å². The molecule has 2 atom stereocenters. The number of alkyl carbamates (subject to hydrolysis) is 1. The van der Waals surface area contributed by atoms with Crippen LogP contribution in [-0.4, -0.2) is 53.0 Å². The van der Waals surface area contributed by atoms with Crippen molar-refractivity contribution in [2.75, 3.05) is 13.1 Å². The molecule has 104 valence electrons. The molecule has 0 spiro atoms. The largest absolute Gasteiger partial charge is 0.465 e. The van der Waals surface area contributed by atoms with E-state index >= 15 is 0 Å². The molecule has 1 aliphatic rings. The molecule has 2 unspecified atom stereocenters. The quantitative estimate of drug-likeness (QED) is 0.639. The van der Waals surface area contributed by atoms with Gasteiger partial charge >= 0.3 is 12.2 Å². The van der Waals surface area contributed by atoms with E-state index < -0.39 is 23.8 Å². The fraction of sp³-hybridized carbons (Fsp3) is 0.818. The second-order valence-electron chi connectivity index (χ2n) is 5.43. The van der Waals surface area contributed by atoms with Crippen LogP contribution in [0.5, 0.6) is 0 Å². The molecule has 0 saturated carbocycles. The Morgan fingerprint density at radius 3 is 2.56 bits per heavy atom. The number of hydrogen-bond donors (Lipinski definition) is 3. The molecule has 7 heteroatoms. The highest BCUT2D eigenvalue weighted by Crippen LogP contribution is 2.11. The number of amides is 2. The van der Waals surface area contributed by atoms with E-state index in [0.29, 0.717) is 13.0 Å². The molecule has 1 aliphatic heterocycles. The molecular formula is C11H21N3O4. The number of carbonyl (C=O) groups excluding carboxylic acids is 1. The first-order chi connectivity index (χ1) is 8.19. The van der Waals surface area contributed by atoms with Gasteiger partial charge < -0.3 is 25.8 Å². The first kappa shape index (κ1) is 14.6. The zero-order chi connectivity index (χ0) is 13.9. The van der Waals surface area contributed by atoms with E-state index in [0.717, 1.165) is 0 Å². The number of rotatable bonds is 1. The van der Waals surface area contributed by atoms with Crippen molar-refractivity contribution >= 4 is 12.2 Å². The minimum Gasteiger partial charge on any atom is -0.465 e. The van der Waals surface area contributed by atoms with Gasteiger partial charge in [-0.3, -0.25) is 0 Å². The Bertz CT molecular complexity index is 327. The number of carbonyl (C=O) groups is 2. The molecule has 0 bridgehead atoms. The predicted molar refractivity (Wildman–Crippen MR) is 65.3 cm³/mol. The summed E-state index contributed by atoms with van der Waals surface area (Å²) in [5.41, 5.74) is 5.28. The summed E-state index contributed by atoms with van der Waals surface area (Å²) < 4.78 is 5.11. The normalized spacial score (nSPS) is 24.6. The van der Waals surface area contributed by atoms with Gasteiger partial charge in [-0.25, -0.2) is 9.59 Å². The average Bonchev–Trinajstić information content (AvgIpc) is 2.18. The van der Waals surface area contributed by atoms with Gasteiger partial charge in [0.2, 0.25) is 0 Å². The van der Waals surface area contributed by atoms with E-state index in [1.54, 1.807) is 20.8 Å². The number of nitrogens with one attached hydrogen (secondary N) is 1. The monoisotopic (exact) mass is 259 g/mol. The zero-order valence-corrected chi connectivity index (χ0v) is 11.0. The van der Waals surface area contributed by atoms with Crippen LogP contribution in [0.2, 0.25) is 0 Å².